The summed E-state index contributed by atoms with van der Waals surface area (Å²) in [4.78, 5) is 10.5. The van der Waals surface area contributed by atoms with Gasteiger partial charge in [0, 0.05) is 5.56 Å². The van der Waals surface area contributed by atoms with Gasteiger partial charge in [0.25, 0.3) is 0 Å². The first-order chi connectivity index (χ1) is 8.43. The molecule has 4 nitrogen and oxygen atoms in total. The molecule has 0 saturated heterocycles. The Morgan fingerprint density at radius 1 is 1.28 bits per heavy atom. The molecule has 1 heterocycles. The highest BCUT2D eigenvalue weighted by molar-refractivity contribution is 5.80. The van der Waals surface area contributed by atoms with Crippen LogP contribution in [0.1, 0.15) is 5.56 Å². The molecule has 0 aliphatic rings. The summed E-state index contributed by atoms with van der Waals surface area (Å²) >= 11 is 0. The topological polar surface area (TPSA) is 66.0 Å². The van der Waals surface area contributed by atoms with Crippen molar-refractivity contribution in [3.05, 3.63) is 41.8 Å². The first-order valence-corrected chi connectivity index (χ1v) is 4.84. The number of H-pyrrole nitrogens is 1. The standard InChI is InChI=1S/C11H7F3N2O2/c12-7-3-1-6(2-4-7)9-8(5-15-16-9)11(13,14)10(17)18/h1-5H,(H,15,16)(H,17,18). The van der Waals surface area contributed by atoms with E-state index in [9.17, 15) is 18.0 Å². The van der Waals surface area contributed by atoms with Crippen LogP contribution in [0.2, 0.25) is 0 Å². The minimum Gasteiger partial charge on any atom is -0.477 e. The molecule has 2 aromatic rings. The molecular formula is C11H7F3N2O2. The highest BCUT2D eigenvalue weighted by Gasteiger charge is 2.44. The number of hydrogen-bond acceptors (Lipinski definition) is 2. The molecule has 1 aromatic heterocycles. The highest BCUT2D eigenvalue weighted by atomic mass is 19.3. The van der Waals surface area contributed by atoms with Gasteiger partial charge in [-0.3, -0.25) is 5.10 Å². The van der Waals surface area contributed by atoms with Crippen LogP contribution in [0.3, 0.4) is 0 Å². The summed E-state index contributed by atoms with van der Waals surface area (Å²) in [6.07, 6.45) is 0.743. The lowest BCUT2D eigenvalue weighted by Crippen LogP contribution is -2.25. The number of rotatable bonds is 3. The zero-order valence-corrected chi connectivity index (χ0v) is 8.82. The van der Waals surface area contributed by atoms with Crippen molar-refractivity contribution in [2.24, 2.45) is 0 Å². The number of alkyl halides is 2. The summed E-state index contributed by atoms with van der Waals surface area (Å²) < 4.78 is 39.5. The van der Waals surface area contributed by atoms with Gasteiger partial charge in [-0.2, -0.15) is 13.9 Å². The number of nitrogens with zero attached hydrogens (tertiary/aromatic N) is 1. The maximum atomic E-state index is 13.4. The van der Waals surface area contributed by atoms with E-state index in [1.54, 1.807) is 0 Å². The predicted octanol–water partition coefficient (Wildman–Crippen LogP) is 2.39. The van der Waals surface area contributed by atoms with Crippen LogP contribution in [-0.4, -0.2) is 21.3 Å². The van der Waals surface area contributed by atoms with E-state index in [-0.39, 0.29) is 11.3 Å². The third kappa shape index (κ3) is 1.94. The first-order valence-electron chi connectivity index (χ1n) is 4.84. The molecule has 0 radical (unpaired) electrons. The van der Waals surface area contributed by atoms with E-state index in [2.05, 4.69) is 10.2 Å². The molecule has 7 heteroatoms. The van der Waals surface area contributed by atoms with Crippen LogP contribution in [-0.2, 0) is 10.7 Å². The zero-order valence-electron chi connectivity index (χ0n) is 8.82. The largest absolute Gasteiger partial charge is 0.477 e. The second-order valence-corrected chi connectivity index (χ2v) is 3.55. The summed E-state index contributed by atoms with van der Waals surface area (Å²) in [5, 5.41) is 14.2. The Morgan fingerprint density at radius 3 is 2.44 bits per heavy atom. The van der Waals surface area contributed by atoms with Gasteiger partial charge in [0.15, 0.2) is 0 Å². The quantitative estimate of drug-likeness (QED) is 0.886. The van der Waals surface area contributed by atoms with Gasteiger partial charge in [-0.25, -0.2) is 9.18 Å². The molecule has 0 spiro atoms. The number of benzene rings is 1. The Hall–Kier alpha value is -2.31. The van der Waals surface area contributed by atoms with Gasteiger partial charge in [-0.05, 0) is 24.3 Å². The van der Waals surface area contributed by atoms with Gasteiger partial charge in [0.2, 0.25) is 0 Å². The predicted molar refractivity (Wildman–Crippen MR) is 55.5 cm³/mol. The SMILES string of the molecule is O=C(O)C(F)(F)c1cn[nH]c1-c1ccc(F)cc1. The van der Waals surface area contributed by atoms with Crippen molar-refractivity contribution in [2.75, 3.05) is 0 Å². The fraction of sp³-hybridized carbons (Fsp3) is 0.0909. The molecule has 1 aromatic carbocycles. The molecule has 0 aliphatic carbocycles. The van der Waals surface area contributed by atoms with Crippen LogP contribution in [0, 0.1) is 5.82 Å². The van der Waals surface area contributed by atoms with E-state index in [4.69, 9.17) is 5.11 Å². The number of nitrogens with one attached hydrogen (secondary N) is 1. The normalized spacial score (nSPS) is 11.5. The third-order valence-corrected chi connectivity index (χ3v) is 2.38. The zero-order chi connectivity index (χ0) is 13.3. The molecule has 0 unspecified atom stereocenters. The van der Waals surface area contributed by atoms with Crippen LogP contribution in [0.25, 0.3) is 11.3 Å². The lowest BCUT2D eigenvalue weighted by Gasteiger charge is -2.11. The smallest absolute Gasteiger partial charge is 0.379 e. The van der Waals surface area contributed by atoms with Crippen LogP contribution >= 0.6 is 0 Å². The van der Waals surface area contributed by atoms with Crippen LogP contribution in [0.4, 0.5) is 13.2 Å². The van der Waals surface area contributed by atoms with Crippen molar-refractivity contribution in [3.8, 4) is 11.3 Å². The van der Waals surface area contributed by atoms with Gasteiger partial charge in [0.1, 0.15) is 5.82 Å². The Kier molecular flexibility index (Phi) is 2.82. The van der Waals surface area contributed by atoms with E-state index in [0.717, 1.165) is 18.3 Å². The molecule has 0 bridgehead atoms. The molecule has 0 saturated carbocycles. The Balaban J connectivity index is 2.52. The molecular weight excluding hydrogens is 249 g/mol. The van der Waals surface area contributed by atoms with Gasteiger partial charge in [0.05, 0.1) is 17.5 Å². The van der Waals surface area contributed by atoms with Crippen molar-refractivity contribution < 1.29 is 23.1 Å². The van der Waals surface area contributed by atoms with Crippen molar-refractivity contribution in [1.82, 2.24) is 10.2 Å². The average Bonchev–Trinajstić information content (AvgIpc) is 2.79. The maximum absolute atomic E-state index is 13.4. The van der Waals surface area contributed by atoms with Crippen LogP contribution < -0.4 is 0 Å². The number of carboxylic acids is 1. The highest BCUT2D eigenvalue weighted by Crippen LogP contribution is 2.34. The number of aromatic amines is 1. The summed E-state index contributed by atoms with van der Waals surface area (Å²) in [6, 6.07) is 4.67. The molecule has 2 N–H and O–H groups in total. The summed E-state index contributed by atoms with van der Waals surface area (Å²) in [5.41, 5.74) is -0.686. The van der Waals surface area contributed by atoms with E-state index >= 15 is 0 Å². The fourth-order valence-electron chi connectivity index (χ4n) is 1.48. The average molecular weight is 256 g/mol. The van der Waals surface area contributed by atoms with Crippen LogP contribution in [0.15, 0.2) is 30.5 Å². The van der Waals surface area contributed by atoms with E-state index in [1.165, 1.54) is 12.1 Å². The van der Waals surface area contributed by atoms with Gasteiger partial charge in [-0.15, -0.1) is 0 Å². The molecule has 2 rings (SSSR count). The number of aromatic nitrogens is 2. The second-order valence-electron chi connectivity index (χ2n) is 3.55. The minimum atomic E-state index is -4.06. The second kappa shape index (κ2) is 4.17. The Morgan fingerprint density at radius 2 is 1.89 bits per heavy atom. The number of carboxylic acid groups (broad SMARTS) is 1. The minimum absolute atomic E-state index is 0.151. The first kappa shape index (κ1) is 12.2. The maximum Gasteiger partial charge on any atom is 0.379 e. The number of aliphatic carboxylic acids is 1. The number of halogens is 3. The fourth-order valence-corrected chi connectivity index (χ4v) is 1.48. The van der Waals surface area contributed by atoms with Crippen molar-refractivity contribution in [2.45, 2.75) is 5.92 Å². The van der Waals surface area contributed by atoms with Crippen LogP contribution in [0.5, 0.6) is 0 Å². The Bertz CT molecular complexity index is 578. The summed E-state index contributed by atoms with van der Waals surface area (Å²) in [6.45, 7) is 0. The van der Waals surface area contributed by atoms with Crippen molar-refractivity contribution in [1.29, 1.82) is 0 Å². The van der Waals surface area contributed by atoms with Gasteiger partial charge < -0.3 is 5.11 Å². The molecule has 0 amide bonds. The third-order valence-electron chi connectivity index (χ3n) is 2.38. The van der Waals surface area contributed by atoms with Crippen molar-refractivity contribution in [3.63, 3.8) is 0 Å². The lowest BCUT2D eigenvalue weighted by molar-refractivity contribution is -0.166. The monoisotopic (exact) mass is 256 g/mol. The van der Waals surface area contributed by atoms with E-state index < -0.39 is 23.3 Å². The van der Waals surface area contributed by atoms with Gasteiger partial charge in [-0.1, -0.05) is 0 Å². The van der Waals surface area contributed by atoms with Gasteiger partial charge >= 0.3 is 11.9 Å². The number of hydrogen-bond donors (Lipinski definition) is 2. The Labute approximate surface area is 99.1 Å². The molecule has 0 fully saturated rings. The number of carbonyl (C=O) groups is 1. The summed E-state index contributed by atoms with van der Waals surface area (Å²) in [7, 11) is 0. The van der Waals surface area contributed by atoms with E-state index in [1.807, 2.05) is 0 Å². The molecule has 18 heavy (non-hydrogen) atoms. The molecule has 0 atom stereocenters. The van der Waals surface area contributed by atoms with E-state index in [0.29, 0.717) is 0 Å². The molecule has 94 valence electrons. The van der Waals surface area contributed by atoms with Crippen molar-refractivity contribution >= 4 is 5.97 Å². The summed E-state index contributed by atoms with van der Waals surface area (Å²) in [5.74, 6) is -6.85. The molecule has 0 aliphatic heterocycles. The lowest BCUT2D eigenvalue weighted by atomic mass is 10.0.